The van der Waals surface area contributed by atoms with Crippen LogP contribution in [0.1, 0.15) is 13.8 Å². The average Bonchev–Trinajstić information content (AvgIpc) is 2.25. The van der Waals surface area contributed by atoms with E-state index in [4.69, 9.17) is 9.47 Å². The lowest BCUT2D eigenvalue weighted by Gasteiger charge is -2.09. The molecule has 0 aliphatic rings. The fourth-order valence-corrected chi connectivity index (χ4v) is 2.35. The van der Waals surface area contributed by atoms with Gasteiger partial charge in [-0.25, -0.2) is 9.59 Å². The first-order valence-electron chi connectivity index (χ1n) is 4.78. The van der Waals surface area contributed by atoms with E-state index in [2.05, 4.69) is 0 Å². The van der Waals surface area contributed by atoms with Crippen molar-refractivity contribution in [3.05, 3.63) is 9.81 Å². The van der Waals surface area contributed by atoms with Crippen LogP contribution in [0.25, 0.3) is 0 Å². The van der Waals surface area contributed by atoms with Gasteiger partial charge in [0, 0.05) is 0 Å². The normalized spacial score (nSPS) is 9.50. The Bertz CT molecular complexity index is 261. The van der Waals surface area contributed by atoms with Crippen molar-refractivity contribution in [2.24, 2.45) is 0 Å². The molecule has 0 amide bonds. The van der Waals surface area contributed by atoms with Gasteiger partial charge < -0.3 is 9.47 Å². The summed E-state index contributed by atoms with van der Waals surface area (Å²) in [6, 6.07) is 0. The van der Waals surface area contributed by atoms with Gasteiger partial charge in [0.25, 0.3) is 0 Å². The Labute approximate surface area is 104 Å². The number of ether oxygens (including phenoxy) is 2. The van der Waals surface area contributed by atoms with Crippen LogP contribution < -0.4 is 0 Å². The SMILES string of the molecule is CCOC(=O)C(C(=O)OCC)=C(SC)SC. The summed E-state index contributed by atoms with van der Waals surface area (Å²) in [6.45, 7) is 3.85. The Hall–Kier alpha value is -0.620. The molecule has 0 N–H and O–H groups in total. The van der Waals surface area contributed by atoms with E-state index in [0.717, 1.165) is 0 Å². The topological polar surface area (TPSA) is 52.6 Å². The number of thioether (sulfide) groups is 2. The van der Waals surface area contributed by atoms with Crippen molar-refractivity contribution in [3.8, 4) is 0 Å². The molecule has 0 bridgehead atoms. The van der Waals surface area contributed by atoms with Crippen LogP contribution in [0.2, 0.25) is 0 Å². The Balaban J connectivity index is 5.11. The van der Waals surface area contributed by atoms with Gasteiger partial charge in [-0.3, -0.25) is 0 Å². The third-order valence-electron chi connectivity index (χ3n) is 1.53. The monoisotopic (exact) mass is 264 g/mol. The molecule has 0 aromatic rings. The van der Waals surface area contributed by atoms with Gasteiger partial charge in [-0.1, -0.05) is 0 Å². The number of rotatable bonds is 6. The van der Waals surface area contributed by atoms with Crippen molar-refractivity contribution >= 4 is 35.5 Å². The van der Waals surface area contributed by atoms with Gasteiger partial charge in [-0.15, -0.1) is 23.5 Å². The predicted octanol–water partition coefficient (Wildman–Crippen LogP) is 2.05. The van der Waals surface area contributed by atoms with Gasteiger partial charge in [0.2, 0.25) is 0 Å². The zero-order chi connectivity index (χ0) is 12.6. The molecule has 0 unspecified atom stereocenters. The van der Waals surface area contributed by atoms with E-state index in [1.807, 2.05) is 0 Å². The number of hydrogen-bond acceptors (Lipinski definition) is 6. The van der Waals surface area contributed by atoms with Gasteiger partial charge in [0.05, 0.1) is 17.5 Å². The third-order valence-corrected chi connectivity index (χ3v) is 3.68. The summed E-state index contributed by atoms with van der Waals surface area (Å²) in [5, 5.41) is 0. The van der Waals surface area contributed by atoms with Crippen molar-refractivity contribution in [2.75, 3.05) is 25.7 Å². The van der Waals surface area contributed by atoms with Crippen LogP contribution in [-0.4, -0.2) is 37.7 Å². The summed E-state index contributed by atoms with van der Waals surface area (Å²) in [5.41, 5.74) is -0.0105. The molecule has 16 heavy (non-hydrogen) atoms. The molecule has 92 valence electrons. The molecule has 6 heteroatoms. The van der Waals surface area contributed by atoms with Crippen LogP contribution in [0, 0.1) is 0 Å². The van der Waals surface area contributed by atoms with Crippen LogP contribution in [0.15, 0.2) is 9.81 Å². The van der Waals surface area contributed by atoms with Crippen LogP contribution in [0.3, 0.4) is 0 Å². The highest BCUT2D eigenvalue weighted by Gasteiger charge is 2.25. The molecule has 0 atom stereocenters. The summed E-state index contributed by atoms with van der Waals surface area (Å²) in [7, 11) is 0. The molecule has 0 aliphatic heterocycles. The Morgan fingerprint density at radius 2 is 1.31 bits per heavy atom. The molecule has 4 nitrogen and oxygen atoms in total. The second kappa shape index (κ2) is 8.52. The highest BCUT2D eigenvalue weighted by Crippen LogP contribution is 2.28. The van der Waals surface area contributed by atoms with Crippen molar-refractivity contribution in [1.82, 2.24) is 0 Å². The van der Waals surface area contributed by atoms with Gasteiger partial charge in [-0.05, 0) is 26.4 Å². The van der Waals surface area contributed by atoms with E-state index in [1.54, 1.807) is 26.4 Å². The van der Waals surface area contributed by atoms with E-state index in [-0.39, 0.29) is 18.8 Å². The highest BCUT2D eigenvalue weighted by molar-refractivity contribution is 8.21. The molecule has 0 aromatic carbocycles. The number of esters is 2. The van der Waals surface area contributed by atoms with Crippen molar-refractivity contribution in [2.45, 2.75) is 13.8 Å². The number of carbonyl (C=O) groups excluding carboxylic acids is 2. The van der Waals surface area contributed by atoms with Gasteiger partial charge >= 0.3 is 11.9 Å². The number of carbonyl (C=O) groups is 2. The second-order valence-corrected chi connectivity index (χ2v) is 4.40. The fourth-order valence-electron chi connectivity index (χ4n) is 0.944. The predicted molar refractivity (Wildman–Crippen MR) is 67.3 cm³/mol. The lowest BCUT2D eigenvalue weighted by Crippen LogP contribution is -2.19. The van der Waals surface area contributed by atoms with Crippen LogP contribution in [0.4, 0.5) is 0 Å². The minimum absolute atomic E-state index is 0.0105. The van der Waals surface area contributed by atoms with Gasteiger partial charge in [0.15, 0.2) is 5.57 Å². The summed E-state index contributed by atoms with van der Waals surface area (Å²) in [5.74, 6) is -1.25. The standard InChI is InChI=1S/C10H16O4S2/c1-5-13-8(11)7(9(12)14-6-2)10(15-3)16-4/h5-6H2,1-4H3. The molecule has 0 saturated carbocycles. The van der Waals surface area contributed by atoms with Crippen molar-refractivity contribution < 1.29 is 19.1 Å². The largest absolute Gasteiger partial charge is 0.462 e. The van der Waals surface area contributed by atoms with Crippen LogP contribution in [0.5, 0.6) is 0 Å². The zero-order valence-corrected chi connectivity index (χ0v) is 11.5. The molecule has 0 saturated heterocycles. The smallest absolute Gasteiger partial charge is 0.347 e. The minimum atomic E-state index is -0.625. The van der Waals surface area contributed by atoms with E-state index in [1.165, 1.54) is 23.5 Å². The molecular weight excluding hydrogens is 248 g/mol. The maximum Gasteiger partial charge on any atom is 0.347 e. The van der Waals surface area contributed by atoms with E-state index in [0.29, 0.717) is 4.24 Å². The molecule has 0 radical (unpaired) electrons. The first-order valence-corrected chi connectivity index (χ1v) is 7.23. The average molecular weight is 264 g/mol. The van der Waals surface area contributed by atoms with Crippen LogP contribution in [-0.2, 0) is 19.1 Å². The quantitative estimate of drug-likeness (QED) is 0.317. The summed E-state index contributed by atoms with van der Waals surface area (Å²) < 4.78 is 10.3. The van der Waals surface area contributed by atoms with Crippen molar-refractivity contribution in [1.29, 1.82) is 0 Å². The molecular formula is C10H16O4S2. The first-order chi connectivity index (χ1) is 7.62. The fraction of sp³-hybridized carbons (Fsp3) is 0.600. The molecule has 0 aromatic heterocycles. The molecule has 0 heterocycles. The van der Waals surface area contributed by atoms with Gasteiger partial charge in [0.1, 0.15) is 0 Å². The second-order valence-electron chi connectivity index (χ2n) is 2.51. The first kappa shape index (κ1) is 15.4. The minimum Gasteiger partial charge on any atom is -0.462 e. The van der Waals surface area contributed by atoms with E-state index in [9.17, 15) is 9.59 Å². The van der Waals surface area contributed by atoms with Gasteiger partial charge in [-0.2, -0.15) is 0 Å². The zero-order valence-electron chi connectivity index (χ0n) is 9.86. The van der Waals surface area contributed by atoms with Crippen molar-refractivity contribution in [3.63, 3.8) is 0 Å². The maximum absolute atomic E-state index is 11.6. The Kier molecular flexibility index (Phi) is 8.19. The highest BCUT2D eigenvalue weighted by atomic mass is 32.2. The molecule has 0 fully saturated rings. The lowest BCUT2D eigenvalue weighted by molar-refractivity contribution is -0.146. The molecule has 0 aliphatic carbocycles. The summed E-state index contributed by atoms with van der Waals surface area (Å²) in [6.07, 6.45) is 3.59. The summed E-state index contributed by atoms with van der Waals surface area (Å²) in [4.78, 5) is 23.2. The van der Waals surface area contributed by atoms with E-state index < -0.39 is 11.9 Å². The molecule has 0 rings (SSSR count). The third kappa shape index (κ3) is 4.49. The number of hydrogen-bond donors (Lipinski definition) is 0. The van der Waals surface area contributed by atoms with Crippen LogP contribution >= 0.6 is 23.5 Å². The lowest BCUT2D eigenvalue weighted by atomic mass is 10.3. The van der Waals surface area contributed by atoms with E-state index >= 15 is 0 Å². The maximum atomic E-state index is 11.6. The Morgan fingerprint density at radius 1 is 0.938 bits per heavy atom. The summed E-state index contributed by atoms with van der Waals surface area (Å²) >= 11 is 2.65. The molecule has 0 spiro atoms. The Morgan fingerprint density at radius 3 is 1.56 bits per heavy atom.